The van der Waals surface area contributed by atoms with E-state index in [9.17, 15) is 9.59 Å². The van der Waals surface area contributed by atoms with Gasteiger partial charge in [0, 0.05) is 25.7 Å². The molecule has 0 saturated carbocycles. The standard InChI is InChI=1S/C19H32N4O2/c1-16(24)17-14-21-23(15-17)18-9-12-22(13-10-18)19(25)8-6-4-2-3-5-7-11-20/h14-15,18H,2-13,20H2,1H3. The Kier molecular flexibility index (Phi) is 8.12. The number of rotatable bonds is 10. The van der Waals surface area contributed by atoms with Gasteiger partial charge in [0.2, 0.25) is 5.91 Å². The third kappa shape index (κ3) is 6.27. The van der Waals surface area contributed by atoms with E-state index in [-0.39, 0.29) is 11.7 Å². The summed E-state index contributed by atoms with van der Waals surface area (Å²) in [6.07, 6.45) is 12.8. The second kappa shape index (κ2) is 10.3. The molecule has 0 radical (unpaired) electrons. The van der Waals surface area contributed by atoms with Gasteiger partial charge in [-0.15, -0.1) is 0 Å². The number of unbranched alkanes of at least 4 members (excludes halogenated alkanes) is 5. The molecule has 1 aromatic rings. The van der Waals surface area contributed by atoms with Gasteiger partial charge in [-0.2, -0.15) is 5.10 Å². The van der Waals surface area contributed by atoms with Crippen LogP contribution in [0.5, 0.6) is 0 Å². The van der Waals surface area contributed by atoms with Crippen molar-refractivity contribution in [1.82, 2.24) is 14.7 Å². The van der Waals surface area contributed by atoms with Crippen LogP contribution in [0.1, 0.15) is 81.1 Å². The molecule has 1 amide bonds. The minimum Gasteiger partial charge on any atom is -0.343 e. The summed E-state index contributed by atoms with van der Waals surface area (Å²) >= 11 is 0. The van der Waals surface area contributed by atoms with E-state index in [1.54, 1.807) is 13.1 Å². The minimum atomic E-state index is 0.0434. The Bertz CT molecular complexity index is 547. The fourth-order valence-electron chi connectivity index (χ4n) is 3.39. The summed E-state index contributed by atoms with van der Waals surface area (Å²) in [7, 11) is 0. The molecule has 0 atom stereocenters. The number of aromatic nitrogens is 2. The number of carbonyl (C=O) groups is 2. The number of ketones is 1. The number of hydrogen-bond donors (Lipinski definition) is 1. The quantitative estimate of drug-likeness (QED) is 0.521. The van der Waals surface area contributed by atoms with Gasteiger partial charge in [-0.1, -0.05) is 25.7 Å². The lowest BCUT2D eigenvalue weighted by atomic mass is 10.0. The second-order valence-corrected chi connectivity index (χ2v) is 7.04. The number of amides is 1. The molecule has 1 aliphatic rings. The summed E-state index contributed by atoms with van der Waals surface area (Å²) in [5.41, 5.74) is 6.14. The average Bonchev–Trinajstić information content (AvgIpc) is 3.11. The second-order valence-electron chi connectivity index (χ2n) is 7.04. The van der Waals surface area contributed by atoms with Crippen LogP contribution in [0.3, 0.4) is 0 Å². The molecule has 1 saturated heterocycles. The van der Waals surface area contributed by atoms with Gasteiger partial charge in [-0.25, -0.2) is 0 Å². The summed E-state index contributed by atoms with van der Waals surface area (Å²) in [6.45, 7) is 3.91. The van der Waals surface area contributed by atoms with E-state index < -0.39 is 0 Å². The Balaban J connectivity index is 1.63. The first-order valence-corrected chi connectivity index (χ1v) is 9.64. The number of carbonyl (C=O) groups excluding carboxylic acids is 2. The van der Waals surface area contributed by atoms with E-state index in [4.69, 9.17) is 5.73 Å². The van der Waals surface area contributed by atoms with Crippen molar-refractivity contribution in [2.45, 2.75) is 70.8 Å². The predicted molar refractivity (Wildman–Crippen MR) is 98.5 cm³/mol. The highest BCUT2D eigenvalue weighted by Gasteiger charge is 2.24. The van der Waals surface area contributed by atoms with Gasteiger partial charge in [0.05, 0.1) is 17.8 Å². The monoisotopic (exact) mass is 348 g/mol. The first-order valence-electron chi connectivity index (χ1n) is 9.64. The van der Waals surface area contributed by atoms with Gasteiger partial charge < -0.3 is 10.6 Å². The molecule has 0 aromatic carbocycles. The van der Waals surface area contributed by atoms with Crippen LogP contribution in [-0.2, 0) is 4.79 Å². The Morgan fingerprint density at radius 3 is 2.36 bits per heavy atom. The maximum Gasteiger partial charge on any atom is 0.222 e. The predicted octanol–water partition coefficient (Wildman–Crippen LogP) is 2.94. The third-order valence-electron chi connectivity index (χ3n) is 5.04. The van der Waals surface area contributed by atoms with Crippen molar-refractivity contribution in [1.29, 1.82) is 0 Å². The largest absolute Gasteiger partial charge is 0.343 e. The van der Waals surface area contributed by atoms with Gasteiger partial charge in [0.25, 0.3) is 0 Å². The van der Waals surface area contributed by atoms with Crippen LogP contribution in [0.2, 0.25) is 0 Å². The Morgan fingerprint density at radius 2 is 1.76 bits per heavy atom. The molecule has 0 bridgehead atoms. The van der Waals surface area contributed by atoms with Gasteiger partial charge in [-0.3, -0.25) is 14.3 Å². The Morgan fingerprint density at radius 1 is 1.12 bits per heavy atom. The van der Waals surface area contributed by atoms with Crippen LogP contribution in [0.25, 0.3) is 0 Å². The van der Waals surface area contributed by atoms with E-state index in [1.165, 1.54) is 19.3 Å². The van der Waals surface area contributed by atoms with Crippen molar-refractivity contribution >= 4 is 11.7 Å². The van der Waals surface area contributed by atoms with Crippen LogP contribution in [0, 0.1) is 0 Å². The molecule has 1 fully saturated rings. The van der Waals surface area contributed by atoms with Crippen LogP contribution in [0.15, 0.2) is 12.4 Å². The fourth-order valence-corrected chi connectivity index (χ4v) is 3.39. The molecular weight excluding hydrogens is 316 g/mol. The third-order valence-corrected chi connectivity index (χ3v) is 5.04. The molecular formula is C19H32N4O2. The smallest absolute Gasteiger partial charge is 0.222 e. The van der Waals surface area contributed by atoms with E-state index in [0.717, 1.165) is 51.7 Å². The van der Waals surface area contributed by atoms with Gasteiger partial charge in [0.1, 0.15) is 0 Å². The summed E-state index contributed by atoms with van der Waals surface area (Å²) in [5, 5.41) is 4.31. The number of nitrogens with two attached hydrogens (primary N) is 1. The zero-order valence-electron chi connectivity index (χ0n) is 15.5. The molecule has 140 valence electrons. The van der Waals surface area contributed by atoms with Crippen molar-refractivity contribution < 1.29 is 9.59 Å². The van der Waals surface area contributed by atoms with Crippen LogP contribution in [0.4, 0.5) is 0 Å². The highest BCUT2D eigenvalue weighted by molar-refractivity contribution is 5.93. The summed E-state index contributed by atoms with van der Waals surface area (Å²) in [6, 6.07) is 0.291. The van der Waals surface area contributed by atoms with Gasteiger partial charge >= 0.3 is 0 Å². The molecule has 2 N–H and O–H groups in total. The summed E-state index contributed by atoms with van der Waals surface area (Å²) < 4.78 is 1.89. The molecule has 6 nitrogen and oxygen atoms in total. The minimum absolute atomic E-state index is 0.0434. The molecule has 2 rings (SSSR count). The highest BCUT2D eigenvalue weighted by Crippen LogP contribution is 2.23. The lowest BCUT2D eigenvalue weighted by Gasteiger charge is -2.32. The van der Waals surface area contributed by atoms with Crippen molar-refractivity contribution in [2.24, 2.45) is 5.73 Å². The van der Waals surface area contributed by atoms with Crippen LogP contribution < -0.4 is 5.73 Å². The molecule has 1 aliphatic heterocycles. The SMILES string of the molecule is CC(=O)c1cnn(C2CCN(C(=O)CCCCCCCCN)CC2)c1. The number of piperidine rings is 1. The molecule has 6 heteroatoms. The summed E-state index contributed by atoms with van der Waals surface area (Å²) in [4.78, 5) is 25.7. The molecule has 25 heavy (non-hydrogen) atoms. The Hall–Kier alpha value is -1.69. The maximum absolute atomic E-state index is 12.3. The normalized spacial score (nSPS) is 15.5. The first-order chi connectivity index (χ1) is 12.1. The molecule has 1 aromatic heterocycles. The topological polar surface area (TPSA) is 81.2 Å². The van der Waals surface area contributed by atoms with E-state index >= 15 is 0 Å². The van der Waals surface area contributed by atoms with Crippen LogP contribution >= 0.6 is 0 Å². The lowest BCUT2D eigenvalue weighted by Crippen LogP contribution is -2.39. The molecule has 2 heterocycles. The fraction of sp³-hybridized carbons (Fsp3) is 0.737. The van der Waals surface area contributed by atoms with E-state index in [2.05, 4.69) is 5.10 Å². The zero-order chi connectivity index (χ0) is 18.1. The number of nitrogens with zero attached hydrogens (tertiary/aromatic N) is 3. The van der Waals surface area contributed by atoms with Crippen molar-refractivity contribution in [2.75, 3.05) is 19.6 Å². The van der Waals surface area contributed by atoms with Crippen LogP contribution in [-0.4, -0.2) is 46.0 Å². The lowest BCUT2D eigenvalue weighted by molar-refractivity contribution is -0.132. The summed E-state index contributed by atoms with van der Waals surface area (Å²) in [5.74, 6) is 0.326. The van der Waals surface area contributed by atoms with Crippen molar-refractivity contribution in [3.63, 3.8) is 0 Å². The molecule has 0 unspecified atom stereocenters. The molecule has 0 aliphatic carbocycles. The van der Waals surface area contributed by atoms with Gasteiger partial charge in [-0.05, 0) is 39.2 Å². The first kappa shape index (κ1) is 19.6. The van der Waals surface area contributed by atoms with Crippen molar-refractivity contribution in [3.8, 4) is 0 Å². The Labute approximate surface area is 150 Å². The molecule has 0 spiro atoms. The average molecular weight is 348 g/mol. The van der Waals surface area contributed by atoms with E-state index in [0.29, 0.717) is 18.0 Å². The van der Waals surface area contributed by atoms with Gasteiger partial charge in [0.15, 0.2) is 5.78 Å². The number of likely N-dealkylation sites (tertiary alicyclic amines) is 1. The van der Waals surface area contributed by atoms with E-state index in [1.807, 2.05) is 15.8 Å². The number of hydrogen-bond acceptors (Lipinski definition) is 4. The number of Topliss-reactive ketones (excluding diaryl/α,β-unsaturated/α-hetero) is 1. The zero-order valence-corrected chi connectivity index (χ0v) is 15.5. The van der Waals surface area contributed by atoms with Crippen molar-refractivity contribution in [3.05, 3.63) is 18.0 Å². The maximum atomic E-state index is 12.3. The highest BCUT2D eigenvalue weighted by atomic mass is 16.2.